The van der Waals surface area contributed by atoms with Crippen molar-refractivity contribution in [3.05, 3.63) is 29.0 Å². The van der Waals surface area contributed by atoms with Crippen LogP contribution in [-0.4, -0.2) is 32.5 Å². The Morgan fingerprint density at radius 3 is 2.22 bits per heavy atom. The lowest BCUT2D eigenvalue weighted by atomic mass is 10.2. The first-order valence-electron chi connectivity index (χ1n) is 6.69. The number of nitrogens with zero attached hydrogens (tertiary/aromatic N) is 1. The standard InChI is InChI=1S/C15H18N2O6/c1-8-12(17-23-14(8)16)15(18)22-7-9-5-10(19-2)13(21-4)11(6-9)20-3/h5-6H,7,16H2,1-4H3. The Balaban J connectivity index is 2.17. The first-order valence-corrected chi connectivity index (χ1v) is 6.69. The van der Waals surface area contributed by atoms with Crippen LogP contribution in [-0.2, 0) is 11.3 Å². The number of rotatable bonds is 6. The molecular formula is C15H18N2O6. The summed E-state index contributed by atoms with van der Waals surface area (Å²) in [5, 5.41) is 3.58. The fourth-order valence-electron chi connectivity index (χ4n) is 1.97. The molecule has 1 heterocycles. The Labute approximate surface area is 133 Å². The minimum Gasteiger partial charge on any atom is -0.493 e. The van der Waals surface area contributed by atoms with Gasteiger partial charge in [0.25, 0.3) is 0 Å². The van der Waals surface area contributed by atoms with Crippen LogP contribution in [0.25, 0.3) is 0 Å². The Hall–Kier alpha value is -2.90. The number of carbonyl (C=O) groups is 1. The van der Waals surface area contributed by atoms with E-state index in [1.54, 1.807) is 19.1 Å². The predicted octanol–water partition coefficient (Wildman–Crippen LogP) is 1.95. The molecule has 0 atom stereocenters. The van der Waals surface area contributed by atoms with Crippen molar-refractivity contribution in [3.8, 4) is 17.2 Å². The number of ether oxygens (including phenoxy) is 4. The molecule has 124 valence electrons. The molecule has 23 heavy (non-hydrogen) atoms. The highest BCUT2D eigenvalue weighted by Crippen LogP contribution is 2.38. The molecule has 0 fully saturated rings. The zero-order valence-electron chi connectivity index (χ0n) is 13.3. The highest BCUT2D eigenvalue weighted by molar-refractivity contribution is 5.89. The smallest absolute Gasteiger partial charge is 0.361 e. The van der Waals surface area contributed by atoms with Crippen molar-refractivity contribution in [3.63, 3.8) is 0 Å². The zero-order valence-corrected chi connectivity index (χ0v) is 13.3. The number of carbonyl (C=O) groups excluding carboxylic acids is 1. The van der Waals surface area contributed by atoms with Gasteiger partial charge < -0.3 is 29.2 Å². The van der Waals surface area contributed by atoms with Gasteiger partial charge >= 0.3 is 5.97 Å². The average molecular weight is 322 g/mol. The van der Waals surface area contributed by atoms with Gasteiger partial charge in [0, 0.05) is 5.56 Å². The van der Waals surface area contributed by atoms with E-state index in [0.29, 0.717) is 28.4 Å². The molecule has 1 aromatic heterocycles. The van der Waals surface area contributed by atoms with E-state index in [4.69, 9.17) is 29.2 Å². The van der Waals surface area contributed by atoms with Crippen LogP contribution in [0.2, 0.25) is 0 Å². The minimum absolute atomic E-state index is 0.00174. The highest BCUT2D eigenvalue weighted by Gasteiger charge is 2.19. The van der Waals surface area contributed by atoms with Crippen LogP contribution in [0.1, 0.15) is 21.6 Å². The summed E-state index contributed by atoms with van der Waals surface area (Å²) in [5.74, 6) is 0.867. The quantitative estimate of drug-likeness (QED) is 0.804. The van der Waals surface area contributed by atoms with Crippen LogP contribution in [0.15, 0.2) is 16.7 Å². The maximum absolute atomic E-state index is 12.0. The number of aromatic nitrogens is 1. The van der Waals surface area contributed by atoms with Gasteiger partial charge in [0.15, 0.2) is 17.2 Å². The molecular weight excluding hydrogens is 304 g/mol. The van der Waals surface area contributed by atoms with Gasteiger partial charge in [-0.15, -0.1) is 0 Å². The number of nitrogen functional groups attached to an aromatic ring is 1. The number of anilines is 1. The first kappa shape index (κ1) is 16.5. The molecule has 0 spiro atoms. The molecule has 1 aromatic carbocycles. The van der Waals surface area contributed by atoms with Crippen LogP contribution >= 0.6 is 0 Å². The van der Waals surface area contributed by atoms with Gasteiger partial charge in [0.05, 0.1) is 21.3 Å². The summed E-state index contributed by atoms with van der Waals surface area (Å²) < 4.78 is 25.7. The third-order valence-corrected chi connectivity index (χ3v) is 3.25. The number of esters is 1. The van der Waals surface area contributed by atoms with Crippen LogP contribution in [0.3, 0.4) is 0 Å². The second kappa shape index (κ2) is 6.91. The van der Waals surface area contributed by atoms with Crippen molar-refractivity contribution >= 4 is 11.9 Å². The summed E-state index contributed by atoms with van der Waals surface area (Å²) >= 11 is 0. The molecule has 0 unspecified atom stereocenters. The highest BCUT2D eigenvalue weighted by atomic mass is 16.5. The Morgan fingerprint density at radius 1 is 1.17 bits per heavy atom. The van der Waals surface area contributed by atoms with Crippen LogP contribution in [0.5, 0.6) is 17.2 Å². The Kier molecular flexibility index (Phi) is 4.95. The molecule has 0 aliphatic heterocycles. The molecule has 8 heteroatoms. The topological polar surface area (TPSA) is 106 Å². The van der Waals surface area contributed by atoms with Crippen molar-refractivity contribution in [2.45, 2.75) is 13.5 Å². The van der Waals surface area contributed by atoms with Crippen molar-refractivity contribution in [1.82, 2.24) is 5.16 Å². The first-order chi connectivity index (χ1) is 11.0. The van der Waals surface area contributed by atoms with E-state index >= 15 is 0 Å². The minimum atomic E-state index is -0.628. The van der Waals surface area contributed by atoms with E-state index in [1.165, 1.54) is 21.3 Å². The summed E-state index contributed by atoms with van der Waals surface area (Å²) in [7, 11) is 4.53. The second-order valence-electron chi connectivity index (χ2n) is 4.63. The van der Waals surface area contributed by atoms with Crippen LogP contribution in [0.4, 0.5) is 5.88 Å². The van der Waals surface area contributed by atoms with Crippen LogP contribution < -0.4 is 19.9 Å². The summed E-state index contributed by atoms with van der Waals surface area (Å²) in [6.45, 7) is 1.63. The summed E-state index contributed by atoms with van der Waals surface area (Å²) in [5.41, 5.74) is 6.67. The number of methoxy groups -OCH3 is 3. The van der Waals surface area contributed by atoms with E-state index in [2.05, 4.69) is 5.16 Å². The van der Waals surface area contributed by atoms with E-state index in [0.717, 1.165) is 0 Å². The SMILES string of the molecule is COc1cc(COC(=O)c2noc(N)c2C)cc(OC)c1OC. The number of benzene rings is 1. The lowest BCUT2D eigenvalue weighted by Crippen LogP contribution is -2.08. The van der Waals surface area contributed by atoms with E-state index in [9.17, 15) is 4.79 Å². The molecule has 0 saturated heterocycles. The lowest BCUT2D eigenvalue weighted by Gasteiger charge is -2.14. The number of nitrogens with two attached hydrogens (primary N) is 1. The van der Waals surface area contributed by atoms with Crippen molar-refractivity contribution in [1.29, 1.82) is 0 Å². The Bertz CT molecular complexity index is 685. The molecule has 2 N–H and O–H groups in total. The fourth-order valence-corrected chi connectivity index (χ4v) is 1.97. The lowest BCUT2D eigenvalue weighted by molar-refractivity contribution is 0.0459. The maximum atomic E-state index is 12.0. The van der Waals surface area contributed by atoms with Crippen LogP contribution in [0, 0.1) is 6.92 Å². The molecule has 8 nitrogen and oxygen atoms in total. The van der Waals surface area contributed by atoms with Gasteiger partial charge in [-0.1, -0.05) is 5.16 Å². The van der Waals surface area contributed by atoms with Crippen molar-refractivity contribution in [2.75, 3.05) is 27.1 Å². The average Bonchev–Trinajstić information content (AvgIpc) is 2.90. The molecule has 2 aromatic rings. The van der Waals surface area contributed by atoms with Gasteiger partial charge in [-0.05, 0) is 24.6 Å². The number of hydrogen-bond donors (Lipinski definition) is 1. The molecule has 0 aliphatic carbocycles. The summed E-state index contributed by atoms with van der Waals surface area (Å²) in [6, 6.07) is 3.39. The second-order valence-corrected chi connectivity index (χ2v) is 4.63. The zero-order chi connectivity index (χ0) is 17.0. The largest absolute Gasteiger partial charge is 0.493 e. The predicted molar refractivity (Wildman–Crippen MR) is 80.9 cm³/mol. The van der Waals surface area contributed by atoms with Crippen molar-refractivity contribution in [2.24, 2.45) is 0 Å². The van der Waals surface area contributed by atoms with Gasteiger partial charge in [-0.3, -0.25) is 0 Å². The summed E-state index contributed by atoms with van der Waals surface area (Å²) in [4.78, 5) is 12.0. The third-order valence-electron chi connectivity index (χ3n) is 3.25. The molecule has 0 radical (unpaired) electrons. The number of hydrogen-bond acceptors (Lipinski definition) is 8. The van der Waals surface area contributed by atoms with E-state index in [-0.39, 0.29) is 18.2 Å². The summed E-state index contributed by atoms with van der Waals surface area (Å²) in [6.07, 6.45) is 0. The van der Waals surface area contributed by atoms with E-state index in [1.807, 2.05) is 0 Å². The molecule has 0 amide bonds. The molecule has 0 bridgehead atoms. The van der Waals surface area contributed by atoms with Gasteiger partial charge in [-0.25, -0.2) is 4.79 Å². The van der Waals surface area contributed by atoms with Gasteiger partial charge in [0.2, 0.25) is 11.6 Å². The molecule has 0 saturated carbocycles. The van der Waals surface area contributed by atoms with E-state index < -0.39 is 5.97 Å². The maximum Gasteiger partial charge on any atom is 0.361 e. The van der Waals surface area contributed by atoms with Crippen molar-refractivity contribution < 1.29 is 28.3 Å². The Morgan fingerprint density at radius 2 is 1.78 bits per heavy atom. The monoisotopic (exact) mass is 322 g/mol. The normalized spacial score (nSPS) is 10.3. The van der Waals surface area contributed by atoms with Gasteiger partial charge in [0.1, 0.15) is 6.61 Å². The van der Waals surface area contributed by atoms with Gasteiger partial charge in [-0.2, -0.15) is 0 Å². The third kappa shape index (κ3) is 3.31. The molecule has 0 aliphatic rings. The fraction of sp³-hybridized carbons (Fsp3) is 0.333. The molecule has 2 rings (SSSR count).